The van der Waals surface area contributed by atoms with Crippen molar-refractivity contribution in [3.05, 3.63) is 23.8 Å². The number of aliphatic hydroxyl groups excluding tert-OH is 1. The minimum absolute atomic E-state index is 0.198. The fraction of sp³-hybridized carbons (Fsp3) is 0.562. The topological polar surface area (TPSA) is 59.3 Å². The minimum Gasteiger partial charge on any atom is -0.390 e. The molecule has 5 heteroatoms. The van der Waals surface area contributed by atoms with Gasteiger partial charge in [0.1, 0.15) is 6.07 Å². The Morgan fingerprint density at radius 2 is 2.00 bits per heavy atom. The summed E-state index contributed by atoms with van der Waals surface area (Å²) in [6, 6.07) is 8.09. The lowest BCUT2D eigenvalue weighted by Crippen LogP contribution is -2.25. The summed E-state index contributed by atoms with van der Waals surface area (Å²) in [7, 11) is 0. The Morgan fingerprint density at radius 3 is 2.62 bits per heavy atom. The van der Waals surface area contributed by atoms with Crippen LogP contribution in [0.2, 0.25) is 0 Å². The van der Waals surface area contributed by atoms with E-state index in [0.29, 0.717) is 12.1 Å². The highest BCUT2D eigenvalue weighted by atomic mass is 35.5. The Balaban J connectivity index is 2.10. The predicted octanol–water partition coefficient (Wildman–Crippen LogP) is 2.95. The number of anilines is 2. The van der Waals surface area contributed by atoms with Crippen LogP contribution in [0.3, 0.4) is 0 Å². The van der Waals surface area contributed by atoms with Gasteiger partial charge in [0.15, 0.2) is 0 Å². The summed E-state index contributed by atoms with van der Waals surface area (Å²) in [6.07, 6.45) is 4.34. The first-order chi connectivity index (χ1) is 10.2. The maximum Gasteiger partial charge on any atom is 0.101 e. The molecule has 0 bridgehead atoms. The summed E-state index contributed by atoms with van der Waals surface area (Å²) >= 11 is 5.57. The number of nitrogens with zero attached hydrogens (tertiary/aromatic N) is 2. The molecule has 1 heterocycles. The second-order valence-electron chi connectivity index (χ2n) is 5.43. The van der Waals surface area contributed by atoms with Gasteiger partial charge in [-0.25, -0.2) is 0 Å². The summed E-state index contributed by atoms with van der Waals surface area (Å²) < 4.78 is 0. The molecule has 1 aromatic rings. The lowest BCUT2D eigenvalue weighted by molar-refractivity contribution is 0.211. The van der Waals surface area contributed by atoms with E-state index in [1.54, 1.807) is 0 Å². The van der Waals surface area contributed by atoms with Gasteiger partial charge in [0.2, 0.25) is 0 Å². The quantitative estimate of drug-likeness (QED) is 0.821. The largest absolute Gasteiger partial charge is 0.390 e. The molecule has 0 amide bonds. The van der Waals surface area contributed by atoms with Crippen LogP contribution < -0.4 is 10.2 Å². The van der Waals surface area contributed by atoms with Crippen LogP contribution in [-0.4, -0.2) is 36.7 Å². The standard InChI is InChI=1S/C16H22ClN3O/c17-10-15(21)12-19-14-5-6-16(13(9-14)11-18)20-7-3-1-2-4-8-20/h5-6,9,15,19,21H,1-4,7-8,10,12H2. The molecule has 1 aromatic carbocycles. The van der Waals surface area contributed by atoms with Crippen LogP contribution in [0.15, 0.2) is 18.2 Å². The third kappa shape index (κ3) is 4.52. The molecule has 4 nitrogen and oxygen atoms in total. The fourth-order valence-corrected chi connectivity index (χ4v) is 2.72. The highest BCUT2D eigenvalue weighted by molar-refractivity contribution is 6.18. The number of rotatable bonds is 5. The molecule has 1 fully saturated rings. The molecule has 0 spiro atoms. The van der Waals surface area contributed by atoms with Crippen molar-refractivity contribution >= 4 is 23.0 Å². The van der Waals surface area contributed by atoms with Crippen LogP contribution in [-0.2, 0) is 0 Å². The molecule has 1 aliphatic heterocycles. The number of benzene rings is 1. The van der Waals surface area contributed by atoms with E-state index in [1.165, 1.54) is 25.7 Å². The van der Waals surface area contributed by atoms with Gasteiger partial charge in [-0.15, -0.1) is 11.6 Å². The number of hydrogen-bond donors (Lipinski definition) is 2. The Labute approximate surface area is 131 Å². The number of aliphatic hydroxyl groups is 1. The first-order valence-corrected chi connectivity index (χ1v) is 8.05. The van der Waals surface area contributed by atoms with Gasteiger partial charge in [-0.05, 0) is 31.0 Å². The van der Waals surface area contributed by atoms with Crippen LogP contribution in [0.4, 0.5) is 11.4 Å². The smallest absolute Gasteiger partial charge is 0.101 e. The Morgan fingerprint density at radius 1 is 1.29 bits per heavy atom. The molecule has 0 radical (unpaired) electrons. The Bertz CT molecular complexity index is 493. The molecule has 1 unspecified atom stereocenters. The van der Waals surface area contributed by atoms with Crippen LogP contribution in [0.5, 0.6) is 0 Å². The maximum atomic E-state index is 9.47. The molecule has 2 N–H and O–H groups in total. The Hall–Kier alpha value is -1.44. The third-order valence-electron chi connectivity index (χ3n) is 3.78. The third-order valence-corrected chi connectivity index (χ3v) is 4.14. The molecule has 21 heavy (non-hydrogen) atoms. The summed E-state index contributed by atoms with van der Waals surface area (Å²) in [5.74, 6) is 0.198. The van der Waals surface area contributed by atoms with E-state index in [0.717, 1.165) is 24.5 Å². The van der Waals surface area contributed by atoms with Gasteiger partial charge in [0.05, 0.1) is 23.2 Å². The van der Waals surface area contributed by atoms with E-state index in [1.807, 2.05) is 18.2 Å². The summed E-state index contributed by atoms with van der Waals surface area (Å²) in [6.45, 7) is 2.43. The predicted molar refractivity (Wildman–Crippen MR) is 87.1 cm³/mol. The average molecular weight is 308 g/mol. The minimum atomic E-state index is -0.581. The van der Waals surface area contributed by atoms with Gasteiger partial charge >= 0.3 is 0 Å². The zero-order valence-corrected chi connectivity index (χ0v) is 12.9. The second-order valence-corrected chi connectivity index (χ2v) is 5.74. The molecule has 2 rings (SSSR count). The first-order valence-electron chi connectivity index (χ1n) is 7.51. The monoisotopic (exact) mass is 307 g/mol. The van der Waals surface area contributed by atoms with Gasteiger partial charge in [0, 0.05) is 25.3 Å². The molecular formula is C16H22ClN3O. The molecule has 0 aromatic heterocycles. The van der Waals surface area contributed by atoms with E-state index in [9.17, 15) is 10.4 Å². The zero-order chi connectivity index (χ0) is 15.1. The fourth-order valence-electron chi connectivity index (χ4n) is 2.61. The molecular weight excluding hydrogens is 286 g/mol. The van der Waals surface area contributed by atoms with E-state index in [2.05, 4.69) is 16.3 Å². The SMILES string of the molecule is N#Cc1cc(NCC(O)CCl)ccc1N1CCCCCC1. The lowest BCUT2D eigenvalue weighted by Gasteiger charge is -2.24. The lowest BCUT2D eigenvalue weighted by atomic mass is 10.1. The average Bonchev–Trinajstić information content (AvgIpc) is 2.81. The van der Waals surface area contributed by atoms with Crippen molar-refractivity contribution in [1.29, 1.82) is 5.26 Å². The van der Waals surface area contributed by atoms with Crippen molar-refractivity contribution in [3.63, 3.8) is 0 Å². The maximum absolute atomic E-state index is 9.47. The van der Waals surface area contributed by atoms with Gasteiger partial charge in [-0.1, -0.05) is 12.8 Å². The highest BCUT2D eigenvalue weighted by Gasteiger charge is 2.14. The van der Waals surface area contributed by atoms with Crippen LogP contribution in [0, 0.1) is 11.3 Å². The van der Waals surface area contributed by atoms with Crippen LogP contribution in [0.25, 0.3) is 0 Å². The van der Waals surface area contributed by atoms with Crippen LogP contribution in [0.1, 0.15) is 31.2 Å². The number of nitrogens with one attached hydrogen (secondary N) is 1. The Kier molecular flexibility index (Phi) is 6.16. The summed E-state index contributed by atoms with van der Waals surface area (Å²) in [4.78, 5) is 2.31. The van der Waals surface area contributed by atoms with Crippen molar-refractivity contribution in [3.8, 4) is 6.07 Å². The first kappa shape index (κ1) is 15.9. The van der Waals surface area contributed by atoms with Crippen molar-refractivity contribution in [1.82, 2.24) is 0 Å². The van der Waals surface area contributed by atoms with Crippen molar-refractivity contribution in [2.45, 2.75) is 31.8 Å². The molecule has 114 valence electrons. The number of hydrogen-bond acceptors (Lipinski definition) is 4. The van der Waals surface area contributed by atoms with Gasteiger partial charge in [-0.3, -0.25) is 0 Å². The highest BCUT2D eigenvalue weighted by Crippen LogP contribution is 2.26. The normalized spacial score (nSPS) is 16.9. The molecule has 1 saturated heterocycles. The van der Waals surface area contributed by atoms with Crippen molar-refractivity contribution < 1.29 is 5.11 Å². The molecule has 0 aliphatic carbocycles. The molecule has 0 saturated carbocycles. The van der Waals surface area contributed by atoms with Crippen molar-refractivity contribution in [2.24, 2.45) is 0 Å². The number of halogens is 1. The molecule has 1 aliphatic rings. The van der Waals surface area contributed by atoms with E-state index < -0.39 is 6.10 Å². The van der Waals surface area contributed by atoms with E-state index in [4.69, 9.17) is 11.6 Å². The van der Waals surface area contributed by atoms with Gasteiger partial charge < -0.3 is 15.3 Å². The summed E-state index contributed by atoms with van der Waals surface area (Å²) in [5, 5.41) is 22.0. The molecule has 1 atom stereocenters. The zero-order valence-electron chi connectivity index (χ0n) is 12.2. The van der Waals surface area contributed by atoms with Gasteiger partial charge in [0.25, 0.3) is 0 Å². The number of alkyl halides is 1. The van der Waals surface area contributed by atoms with E-state index >= 15 is 0 Å². The number of nitriles is 1. The second kappa shape index (κ2) is 8.11. The van der Waals surface area contributed by atoms with Gasteiger partial charge in [-0.2, -0.15) is 5.26 Å². The van der Waals surface area contributed by atoms with Crippen molar-refractivity contribution in [2.75, 3.05) is 35.7 Å². The van der Waals surface area contributed by atoms with Crippen LogP contribution >= 0.6 is 11.6 Å². The van der Waals surface area contributed by atoms with E-state index in [-0.39, 0.29) is 5.88 Å². The summed E-state index contributed by atoms with van der Waals surface area (Å²) in [5.41, 5.74) is 2.54.